The van der Waals surface area contributed by atoms with Gasteiger partial charge in [-0.2, -0.15) is 0 Å². The number of carbonyl (C=O) groups excluding carboxylic acids is 2. The standard InChI is InChI=1S/C21H33N5O2/c1-4-21(9-10-25(16-21)19(27)22-3)26-13-11-24(12-14-26)20(28)23-15-18-7-5-17(2)6-8-18/h5-8H,4,9-16H2,1-3H3,(H,22,27)(H,23,28)/t21-/m0/s1. The number of hydrogen-bond acceptors (Lipinski definition) is 3. The lowest BCUT2D eigenvalue weighted by Gasteiger charge is -2.45. The predicted molar refractivity (Wildman–Crippen MR) is 110 cm³/mol. The summed E-state index contributed by atoms with van der Waals surface area (Å²) in [5.41, 5.74) is 2.37. The number of amides is 4. The Kier molecular flexibility index (Phi) is 6.44. The van der Waals surface area contributed by atoms with E-state index in [4.69, 9.17) is 0 Å². The van der Waals surface area contributed by atoms with E-state index in [0.717, 1.165) is 57.7 Å². The minimum atomic E-state index is 0.00387. The highest BCUT2D eigenvalue weighted by atomic mass is 16.2. The molecular weight excluding hydrogens is 354 g/mol. The molecule has 0 bridgehead atoms. The fourth-order valence-corrected chi connectivity index (χ4v) is 4.34. The molecule has 2 aliphatic rings. The van der Waals surface area contributed by atoms with Crippen LogP contribution in [0.25, 0.3) is 0 Å². The van der Waals surface area contributed by atoms with Crippen molar-refractivity contribution in [1.29, 1.82) is 0 Å². The van der Waals surface area contributed by atoms with Crippen molar-refractivity contribution >= 4 is 12.1 Å². The van der Waals surface area contributed by atoms with Crippen LogP contribution >= 0.6 is 0 Å². The third-order valence-electron chi connectivity index (χ3n) is 6.29. The van der Waals surface area contributed by atoms with Gasteiger partial charge in [0.05, 0.1) is 0 Å². The number of hydrogen-bond donors (Lipinski definition) is 2. The summed E-state index contributed by atoms with van der Waals surface area (Å²) in [6.45, 7) is 9.54. The zero-order chi connectivity index (χ0) is 20.1. The van der Waals surface area contributed by atoms with Crippen LogP contribution in [0.15, 0.2) is 24.3 Å². The summed E-state index contributed by atoms with van der Waals surface area (Å²) < 4.78 is 0. The van der Waals surface area contributed by atoms with Gasteiger partial charge in [-0.15, -0.1) is 0 Å². The van der Waals surface area contributed by atoms with Crippen LogP contribution in [-0.2, 0) is 6.54 Å². The molecule has 2 aliphatic heterocycles. The summed E-state index contributed by atoms with van der Waals surface area (Å²) in [4.78, 5) is 30.8. The van der Waals surface area contributed by atoms with Gasteiger partial charge >= 0.3 is 12.1 Å². The molecule has 1 aromatic carbocycles. The molecule has 4 amide bonds. The van der Waals surface area contributed by atoms with Gasteiger partial charge in [-0.05, 0) is 25.3 Å². The lowest BCUT2D eigenvalue weighted by molar-refractivity contribution is 0.0457. The zero-order valence-corrected chi connectivity index (χ0v) is 17.3. The van der Waals surface area contributed by atoms with Gasteiger partial charge in [0.2, 0.25) is 0 Å². The normalized spacial score (nSPS) is 23.0. The topological polar surface area (TPSA) is 67.9 Å². The van der Waals surface area contributed by atoms with E-state index in [1.54, 1.807) is 7.05 Å². The van der Waals surface area contributed by atoms with Crippen molar-refractivity contribution in [3.05, 3.63) is 35.4 Å². The first kappa shape index (κ1) is 20.5. The van der Waals surface area contributed by atoms with Crippen molar-refractivity contribution in [3.63, 3.8) is 0 Å². The molecule has 3 rings (SSSR count). The predicted octanol–water partition coefficient (Wildman–Crippen LogP) is 2.02. The number of likely N-dealkylation sites (tertiary alicyclic amines) is 1. The number of carbonyl (C=O) groups is 2. The number of aryl methyl sites for hydroxylation is 1. The van der Waals surface area contributed by atoms with Gasteiger partial charge in [-0.3, -0.25) is 4.90 Å². The Bertz CT molecular complexity index is 685. The van der Waals surface area contributed by atoms with Crippen molar-refractivity contribution in [1.82, 2.24) is 25.3 Å². The van der Waals surface area contributed by atoms with Crippen LogP contribution in [0.4, 0.5) is 9.59 Å². The first-order valence-electron chi connectivity index (χ1n) is 10.3. The molecule has 2 fully saturated rings. The Labute approximate surface area is 168 Å². The average Bonchev–Trinajstić information content (AvgIpc) is 3.18. The summed E-state index contributed by atoms with van der Waals surface area (Å²) >= 11 is 0. The molecule has 2 heterocycles. The van der Waals surface area contributed by atoms with Crippen LogP contribution in [-0.4, -0.2) is 78.6 Å². The molecule has 0 aromatic heterocycles. The molecule has 0 radical (unpaired) electrons. The monoisotopic (exact) mass is 387 g/mol. The number of benzene rings is 1. The Balaban J connectivity index is 1.50. The fraction of sp³-hybridized carbons (Fsp3) is 0.619. The Hall–Kier alpha value is -2.28. The summed E-state index contributed by atoms with van der Waals surface area (Å²) in [6.07, 6.45) is 2.01. The minimum absolute atomic E-state index is 0.00387. The lowest BCUT2D eigenvalue weighted by Crippen LogP contribution is -2.60. The van der Waals surface area contributed by atoms with Crippen LogP contribution in [0.1, 0.15) is 30.9 Å². The molecule has 2 N–H and O–H groups in total. The van der Waals surface area contributed by atoms with Crippen molar-refractivity contribution in [2.75, 3.05) is 46.3 Å². The third-order valence-corrected chi connectivity index (χ3v) is 6.29. The molecule has 0 spiro atoms. The Morgan fingerprint density at radius 1 is 1.00 bits per heavy atom. The molecule has 7 nitrogen and oxygen atoms in total. The van der Waals surface area contributed by atoms with E-state index in [1.807, 2.05) is 9.80 Å². The largest absolute Gasteiger partial charge is 0.341 e. The van der Waals surface area contributed by atoms with Crippen LogP contribution in [0, 0.1) is 6.92 Å². The van der Waals surface area contributed by atoms with Crippen LogP contribution in [0.3, 0.4) is 0 Å². The fourth-order valence-electron chi connectivity index (χ4n) is 4.34. The molecule has 2 saturated heterocycles. The quantitative estimate of drug-likeness (QED) is 0.831. The first-order chi connectivity index (χ1) is 13.5. The van der Waals surface area contributed by atoms with Gasteiger partial charge in [0.15, 0.2) is 0 Å². The second-order valence-corrected chi connectivity index (χ2v) is 7.92. The number of rotatable bonds is 4. The van der Waals surface area contributed by atoms with Crippen molar-refractivity contribution in [2.24, 2.45) is 0 Å². The van der Waals surface area contributed by atoms with Crippen LogP contribution in [0.5, 0.6) is 0 Å². The number of urea groups is 2. The summed E-state index contributed by atoms with van der Waals surface area (Å²) in [7, 11) is 1.68. The van der Waals surface area contributed by atoms with Crippen molar-refractivity contribution in [2.45, 2.75) is 38.8 Å². The number of nitrogens with one attached hydrogen (secondary N) is 2. The van der Waals surface area contributed by atoms with Gasteiger partial charge in [0.1, 0.15) is 0 Å². The summed E-state index contributed by atoms with van der Waals surface area (Å²) in [5.74, 6) is 0. The van der Waals surface area contributed by atoms with E-state index in [-0.39, 0.29) is 17.6 Å². The molecule has 7 heteroatoms. The van der Waals surface area contributed by atoms with Gasteiger partial charge in [0, 0.05) is 58.4 Å². The second kappa shape index (κ2) is 8.82. The average molecular weight is 388 g/mol. The van der Waals surface area contributed by atoms with E-state index in [0.29, 0.717) is 6.54 Å². The van der Waals surface area contributed by atoms with Gasteiger partial charge in [-0.1, -0.05) is 36.8 Å². The van der Waals surface area contributed by atoms with E-state index in [2.05, 4.69) is 53.6 Å². The van der Waals surface area contributed by atoms with Gasteiger partial charge in [-0.25, -0.2) is 9.59 Å². The van der Waals surface area contributed by atoms with Crippen LogP contribution in [0.2, 0.25) is 0 Å². The summed E-state index contributed by atoms with van der Waals surface area (Å²) in [5, 5.41) is 5.76. The van der Waals surface area contributed by atoms with E-state index in [1.165, 1.54) is 5.56 Å². The van der Waals surface area contributed by atoms with E-state index in [9.17, 15) is 9.59 Å². The zero-order valence-electron chi connectivity index (χ0n) is 17.3. The number of piperazine rings is 1. The molecule has 28 heavy (non-hydrogen) atoms. The third kappa shape index (κ3) is 4.41. The van der Waals surface area contributed by atoms with Crippen molar-refractivity contribution < 1.29 is 9.59 Å². The maximum atomic E-state index is 12.5. The molecule has 1 atom stereocenters. The number of nitrogens with zero attached hydrogens (tertiary/aromatic N) is 3. The maximum absolute atomic E-state index is 12.5. The van der Waals surface area contributed by atoms with Crippen LogP contribution < -0.4 is 10.6 Å². The highest BCUT2D eigenvalue weighted by Crippen LogP contribution is 2.32. The molecule has 0 saturated carbocycles. The Morgan fingerprint density at radius 3 is 2.29 bits per heavy atom. The molecular formula is C21H33N5O2. The molecule has 0 unspecified atom stereocenters. The minimum Gasteiger partial charge on any atom is -0.341 e. The second-order valence-electron chi connectivity index (χ2n) is 7.92. The summed E-state index contributed by atoms with van der Waals surface area (Å²) in [6, 6.07) is 8.24. The maximum Gasteiger partial charge on any atom is 0.317 e. The molecule has 0 aliphatic carbocycles. The van der Waals surface area contributed by atoms with Gasteiger partial charge in [0.25, 0.3) is 0 Å². The highest BCUT2D eigenvalue weighted by molar-refractivity contribution is 5.74. The Morgan fingerprint density at radius 2 is 1.68 bits per heavy atom. The SMILES string of the molecule is CC[C@]1(N2CCN(C(=O)NCc3ccc(C)cc3)CC2)CCN(C(=O)NC)C1. The van der Waals surface area contributed by atoms with E-state index < -0.39 is 0 Å². The first-order valence-corrected chi connectivity index (χ1v) is 10.3. The van der Waals surface area contributed by atoms with Crippen molar-refractivity contribution in [3.8, 4) is 0 Å². The lowest BCUT2D eigenvalue weighted by atomic mass is 9.92. The molecule has 1 aromatic rings. The highest BCUT2D eigenvalue weighted by Gasteiger charge is 2.44. The molecule has 154 valence electrons. The van der Waals surface area contributed by atoms with Gasteiger partial charge < -0.3 is 20.4 Å². The van der Waals surface area contributed by atoms with E-state index >= 15 is 0 Å². The smallest absolute Gasteiger partial charge is 0.317 e.